The summed E-state index contributed by atoms with van der Waals surface area (Å²) in [6, 6.07) is 6.96. The van der Waals surface area contributed by atoms with E-state index in [-0.39, 0.29) is 12.1 Å². The second-order valence-corrected chi connectivity index (χ2v) is 4.88. The van der Waals surface area contributed by atoms with Crippen LogP contribution in [0.4, 0.5) is 4.79 Å². The molecule has 0 aliphatic carbocycles. The quantitative estimate of drug-likeness (QED) is 0.916. The first-order valence-corrected chi connectivity index (χ1v) is 6.47. The standard InChI is InChI=1S/C13H17ClN2O2/c1-2-12-9(7-15)8-16(12)13(17)18-11-5-3-10(14)4-6-11/h3-6,9,12H,2,7-8,15H2,1H3. The predicted octanol–water partition coefficient (Wildman–Crippen LogP) is 2.51. The first-order chi connectivity index (χ1) is 8.65. The number of likely N-dealkylation sites (tertiary alicyclic amines) is 1. The van der Waals surface area contributed by atoms with E-state index in [2.05, 4.69) is 6.92 Å². The number of nitrogens with zero attached hydrogens (tertiary/aromatic N) is 1. The summed E-state index contributed by atoms with van der Waals surface area (Å²) in [6.45, 7) is 3.35. The minimum Gasteiger partial charge on any atom is -0.410 e. The van der Waals surface area contributed by atoms with Gasteiger partial charge >= 0.3 is 6.09 Å². The third-order valence-electron chi connectivity index (χ3n) is 3.35. The molecule has 1 saturated heterocycles. The highest BCUT2D eigenvalue weighted by atomic mass is 35.5. The zero-order valence-electron chi connectivity index (χ0n) is 10.3. The van der Waals surface area contributed by atoms with Crippen LogP contribution in [0.15, 0.2) is 24.3 Å². The maximum Gasteiger partial charge on any atom is 0.415 e. The minimum absolute atomic E-state index is 0.204. The van der Waals surface area contributed by atoms with Gasteiger partial charge in [0.15, 0.2) is 0 Å². The van der Waals surface area contributed by atoms with E-state index in [0.717, 1.165) is 6.42 Å². The van der Waals surface area contributed by atoms with Crippen molar-refractivity contribution in [1.82, 2.24) is 4.90 Å². The van der Waals surface area contributed by atoms with Crippen LogP contribution < -0.4 is 10.5 Å². The summed E-state index contributed by atoms with van der Waals surface area (Å²) in [7, 11) is 0. The zero-order chi connectivity index (χ0) is 13.1. The largest absolute Gasteiger partial charge is 0.415 e. The van der Waals surface area contributed by atoms with Gasteiger partial charge in [-0.3, -0.25) is 0 Å². The van der Waals surface area contributed by atoms with Crippen molar-refractivity contribution >= 4 is 17.7 Å². The molecule has 0 spiro atoms. The van der Waals surface area contributed by atoms with Crippen LogP contribution >= 0.6 is 11.6 Å². The van der Waals surface area contributed by atoms with Crippen LogP contribution in [0.25, 0.3) is 0 Å². The predicted molar refractivity (Wildman–Crippen MR) is 70.8 cm³/mol. The molecule has 18 heavy (non-hydrogen) atoms. The van der Waals surface area contributed by atoms with Crippen LogP contribution in [0.5, 0.6) is 5.75 Å². The third-order valence-corrected chi connectivity index (χ3v) is 3.60. The fraction of sp³-hybridized carbons (Fsp3) is 0.462. The molecule has 0 bridgehead atoms. The Bertz CT molecular complexity index is 422. The Morgan fingerprint density at radius 3 is 2.72 bits per heavy atom. The second kappa shape index (κ2) is 5.59. The van der Waals surface area contributed by atoms with Crippen molar-refractivity contribution in [2.24, 2.45) is 11.7 Å². The maximum atomic E-state index is 11.9. The topological polar surface area (TPSA) is 55.6 Å². The summed E-state index contributed by atoms with van der Waals surface area (Å²) in [5.74, 6) is 0.906. The van der Waals surface area contributed by atoms with Gasteiger partial charge in [0, 0.05) is 23.5 Å². The normalized spacial score (nSPS) is 22.5. The molecular weight excluding hydrogens is 252 g/mol. The van der Waals surface area contributed by atoms with Gasteiger partial charge in [-0.15, -0.1) is 0 Å². The Morgan fingerprint density at radius 1 is 1.50 bits per heavy atom. The molecule has 1 aliphatic heterocycles. The van der Waals surface area contributed by atoms with Crippen molar-refractivity contribution in [2.45, 2.75) is 19.4 Å². The van der Waals surface area contributed by atoms with E-state index in [0.29, 0.717) is 29.8 Å². The molecule has 1 heterocycles. The molecule has 2 N–H and O–H groups in total. The molecule has 4 nitrogen and oxygen atoms in total. The molecule has 1 fully saturated rings. The van der Waals surface area contributed by atoms with Crippen LogP contribution in [0, 0.1) is 5.92 Å². The second-order valence-electron chi connectivity index (χ2n) is 4.45. The molecule has 2 unspecified atom stereocenters. The van der Waals surface area contributed by atoms with E-state index >= 15 is 0 Å². The first kappa shape index (κ1) is 13.2. The first-order valence-electron chi connectivity index (χ1n) is 6.09. The number of carbonyl (C=O) groups is 1. The van der Waals surface area contributed by atoms with E-state index in [1.165, 1.54) is 0 Å². The Labute approximate surface area is 112 Å². The molecule has 1 amide bonds. The SMILES string of the molecule is CCC1C(CN)CN1C(=O)Oc1ccc(Cl)cc1. The van der Waals surface area contributed by atoms with Gasteiger partial charge in [-0.2, -0.15) is 0 Å². The molecule has 1 aliphatic rings. The van der Waals surface area contributed by atoms with E-state index in [1.54, 1.807) is 29.2 Å². The molecule has 98 valence electrons. The number of amides is 1. The van der Waals surface area contributed by atoms with Crippen LogP contribution in [-0.2, 0) is 0 Å². The van der Waals surface area contributed by atoms with Gasteiger partial charge in [-0.05, 0) is 37.2 Å². The molecule has 0 saturated carbocycles. The molecular formula is C13H17ClN2O2. The van der Waals surface area contributed by atoms with E-state index in [9.17, 15) is 4.79 Å². The van der Waals surface area contributed by atoms with Crippen molar-refractivity contribution in [2.75, 3.05) is 13.1 Å². The number of carbonyl (C=O) groups excluding carboxylic acids is 1. The van der Waals surface area contributed by atoms with Crippen molar-refractivity contribution in [3.63, 3.8) is 0 Å². The fourth-order valence-corrected chi connectivity index (χ4v) is 2.41. The van der Waals surface area contributed by atoms with Gasteiger partial charge in [0.1, 0.15) is 5.75 Å². The van der Waals surface area contributed by atoms with E-state index in [1.807, 2.05) is 0 Å². The van der Waals surface area contributed by atoms with Crippen molar-refractivity contribution in [3.8, 4) is 5.75 Å². The highest BCUT2D eigenvalue weighted by Crippen LogP contribution is 2.28. The zero-order valence-corrected chi connectivity index (χ0v) is 11.1. The lowest BCUT2D eigenvalue weighted by atomic mass is 9.87. The summed E-state index contributed by atoms with van der Waals surface area (Å²) in [5.41, 5.74) is 5.64. The number of halogens is 1. The van der Waals surface area contributed by atoms with Gasteiger partial charge < -0.3 is 15.4 Å². The highest BCUT2D eigenvalue weighted by Gasteiger charge is 2.40. The number of ether oxygens (including phenoxy) is 1. The van der Waals surface area contributed by atoms with E-state index in [4.69, 9.17) is 22.1 Å². The van der Waals surface area contributed by atoms with Gasteiger partial charge in [0.2, 0.25) is 0 Å². The number of hydrogen-bond acceptors (Lipinski definition) is 3. The summed E-state index contributed by atoms with van der Waals surface area (Å²) in [4.78, 5) is 13.7. The molecule has 1 aromatic carbocycles. The molecule has 0 radical (unpaired) electrons. The summed E-state index contributed by atoms with van der Waals surface area (Å²) in [5, 5.41) is 0.619. The molecule has 2 atom stereocenters. The molecule has 5 heteroatoms. The Kier molecular flexibility index (Phi) is 4.09. The van der Waals surface area contributed by atoms with Crippen molar-refractivity contribution in [1.29, 1.82) is 0 Å². The summed E-state index contributed by atoms with van der Waals surface area (Å²) < 4.78 is 5.29. The van der Waals surface area contributed by atoms with Gasteiger partial charge in [0.05, 0.1) is 0 Å². The Morgan fingerprint density at radius 2 is 2.17 bits per heavy atom. The van der Waals surface area contributed by atoms with Gasteiger partial charge in [-0.1, -0.05) is 18.5 Å². The number of nitrogens with two attached hydrogens (primary N) is 1. The molecule has 1 aromatic rings. The van der Waals surface area contributed by atoms with Crippen LogP contribution in [0.2, 0.25) is 5.02 Å². The Hall–Kier alpha value is -1.26. The third kappa shape index (κ3) is 2.60. The molecule has 0 aromatic heterocycles. The van der Waals surface area contributed by atoms with Crippen molar-refractivity contribution < 1.29 is 9.53 Å². The monoisotopic (exact) mass is 268 g/mol. The van der Waals surface area contributed by atoms with Crippen LogP contribution in [0.3, 0.4) is 0 Å². The summed E-state index contributed by atoms with van der Waals surface area (Å²) >= 11 is 5.77. The van der Waals surface area contributed by atoms with E-state index < -0.39 is 0 Å². The minimum atomic E-state index is -0.311. The number of benzene rings is 1. The highest BCUT2D eigenvalue weighted by molar-refractivity contribution is 6.30. The lowest BCUT2D eigenvalue weighted by Crippen LogP contribution is -2.61. The maximum absolute atomic E-state index is 11.9. The number of rotatable bonds is 3. The Balaban J connectivity index is 1.95. The lowest BCUT2D eigenvalue weighted by molar-refractivity contribution is 0.0295. The molecule has 2 rings (SSSR count). The lowest BCUT2D eigenvalue weighted by Gasteiger charge is -2.46. The number of hydrogen-bond donors (Lipinski definition) is 1. The van der Waals surface area contributed by atoms with Gasteiger partial charge in [0.25, 0.3) is 0 Å². The van der Waals surface area contributed by atoms with Gasteiger partial charge in [-0.25, -0.2) is 4.79 Å². The fourth-order valence-electron chi connectivity index (χ4n) is 2.28. The average molecular weight is 269 g/mol. The smallest absolute Gasteiger partial charge is 0.410 e. The van der Waals surface area contributed by atoms with Crippen LogP contribution in [-0.4, -0.2) is 30.1 Å². The summed E-state index contributed by atoms with van der Waals surface area (Å²) in [6.07, 6.45) is 0.589. The average Bonchev–Trinajstić information content (AvgIpc) is 2.32. The van der Waals surface area contributed by atoms with Crippen molar-refractivity contribution in [3.05, 3.63) is 29.3 Å². The van der Waals surface area contributed by atoms with Crippen LogP contribution in [0.1, 0.15) is 13.3 Å².